The van der Waals surface area contributed by atoms with Gasteiger partial charge in [0.05, 0.1) is 16.8 Å². The Kier molecular flexibility index (Phi) is 5.14. The highest BCUT2D eigenvalue weighted by Gasteiger charge is 2.13. The SMILES string of the molecule is Cc1cc(-c2ccc(OCC(C)CC(C)C)c3ncsc23)ccn1. The Morgan fingerprint density at radius 1 is 1.12 bits per heavy atom. The molecule has 24 heavy (non-hydrogen) atoms. The Hall–Kier alpha value is -1.94. The summed E-state index contributed by atoms with van der Waals surface area (Å²) in [5, 5.41) is 0. The van der Waals surface area contributed by atoms with E-state index < -0.39 is 0 Å². The molecule has 2 aromatic heterocycles. The lowest BCUT2D eigenvalue weighted by Crippen LogP contribution is -2.11. The molecule has 1 aromatic carbocycles. The molecule has 3 rings (SSSR count). The van der Waals surface area contributed by atoms with E-state index in [1.165, 1.54) is 22.2 Å². The number of benzene rings is 1. The van der Waals surface area contributed by atoms with Gasteiger partial charge in [-0.1, -0.05) is 20.8 Å². The highest BCUT2D eigenvalue weighted by molar-refractivity contribution is 7.17. The molecule has 0 fully saturated rings. The molecule has 1 atom stereocenters. The van der Waals surface area contributed by atoms with E-state index in [0.717, 1.165) is 23.6 Å². The van der Waals surface area contributed by atoms with Gasteiger partial charge in [0.15, 0.2) is 0 Å². The maximum atomic E-state index is 6.09. The van der Waals surface area contributed by atoms with Gasteiger partial charge >= 0.3 is 0 Å². The van der Waals surface area contributed by atoms with Crippen molar-refractivity contribution in [3.05, 3.63) is 41.7 Å². The molecule has 3 nitrogen and oxygen atoms in total. The first-order valence-electron chi connectivity index (χ1n) is 8.46. The van der Waals surface area contributed by atoms with E-state index in [4.69, 9.17) is 4.74 Å². The number of rotatable bonds is 6. The van der Waals surface area contributed by atoms with Crippen molar-refractivity contribution in [2.24, 2.45) is 11.8 Å². The summed E-state index contributed by atoms with van der Waals surface area (Å²) in [6.07, 6.45) is 3.03. The number of ether oxygens (including phenoxy) is 1. The number of fused-ring (bicyclic) bond motifs is 1. The normalized spacial score (nSPS) is 12.7. The second kappa shape index (κ2) is 7.31. The second-order valence-corrected chi connectivity index (χ2v) is 7.73. The van der Waals surface area contributed by atoms with Crippen LogP contribution in [0.2, 0.25) is 0 Å². The molecule has 0 aliphatic rings. The Bertz CT molecular complexity index is 825. The van der Waals surface area contributed by atoms with E-state index in [9.17, 15) is 0 Å². The monoisotopic (exact) mass is 340 g/mol. The standard InChI is InChI=1S/C20H24N2OS/c1-13(2)9-14(3)11-23-18-6-5-17(20-19(18)22-12-24-20)16-7-8-21-15(4)10-16/h5-8,10,12-14H,9,11H2,1-4H3. The largest absolute Gasteiger partial charge is 0.491 e. The minimum Gasteiger partial charge on any atom is -0.491 e. The molecule has 2 heterocycles. The van der Waals surface area contributed by atoms with Crippen LogP contribution in [0.3, 0.4) is 0 Å². The van der Waals surface area contributed by atoms with E-state index in [2.05, 4.69) is 48.9 Å². The number of aryl methyl sites for hydroxylation is 1. The summed E-state index contributed by atoms with van der Waals surface area (Å²) >= 11 is 1.66. The molecule has 0 saturated carbocycles. The lowest BCUT2D eigenvalue weighted by molar-refractivity contribution is 0.241. The molecule has 4 heteroatoms. The minimum atomic E-state index is 0.543. The summed E-state index contributed by atoms with van der Waals surface area (Å²) in [5.41, 5.74) is 6.25. The Balaban J connectivity index is 1.88. The van der Waals surface area contributed by atoms with E-state index in [-0.39, 0.29) is 0 Å². The van der Waals surface area contributed by atoms with Crippen LogP contribution in [-0.4, -0.2) is 16.6 Å². The predicted molar refractivity (Wildman–Crippen MR) is 102 cm³/mol. The zero-order valence-electron chi connectivity index (χ0n) is 14.7. The zero-order chi connectivity index (χ0) is 17.1. The molecule has 126 valence electrons. The summed E-state index contributed by atoms with van der Waals surface area (Å²) in [6, 6.07) is 8.35. The van der Waals surface area contributed by atoms with Gasteiger partial charge in [-0.15, -0.1) is 11.3 Å². The predicted octanol–water partition coefficient (Wildman–Crippen LogP) is 5.73. The van der Waals surface area contributed by atoms with Crippen LogP contribution >= 0.6 is 11.3 Å². The molecule has 0 spiro atoms. The topological polar surface area (TPSA) is 35.0 Å². The van der Waals surface area contributed by atoms with Gasteiger partial charge in [0.1, 0.15) is 11.3 Å². The fourth-order valence-electron chi connectivity index (χ4n) is 3.09. The Morgan fingerprint density at radius 2 is 1.96 bits per heavy atom. The van der Waals surface area contributed by atoms with E-state index in [1.54, 1.807) is 11.3 Å². The van der Waals surface area contributed by atoms with Crippen LogP contribution in [0.4, 0.5) is 0 Å². The summed E-state index contributed by atoms with van der Waals surface area (Å²) in [5.74, 6) is 2.12. The van der Waals surface area contributed by atoms with Gasteiger partial charge in [-0.05, 0) is 55.0 Å². The lowest BCUT2D eigenvalue weighted by atomic mass is 10.00. The third kappa shape index (κ3) is 3.75. The maximum absolute atomic E-state index is 6.09. The van der Waals surface area contributed by atoms with Crippen molar-refractivity contribution in [3.8, 4) is 16.9 Å². The fraction of sp³-hybridized carbons (Fsp3) is 0.400. The van der Waals surface area contributed by atoms with Crippen molar-refractivity contribution in [2.45, 2.75) is 34.1 Å². The number of aromatic nitrogens is 2. The van der Waals surface area contributed by atoms with Crippen molar-refractivity contribution in [1.29, 1.82) is 0 Å². The third-order valence-corrected chi connectivity index (χ3v) is 4.91. The molecule has 0 bridgehead atoms. The Labute approximate surface area is 147 Å². The highest BCUT2D eigenvalue weighted by atomic mass is 32.1. The molecule has 3 aromatic rings. The molecular formula is C20H24N2OS. The molecule has 1 unspecified atom stereocenters. The maximum Gasteiger partial charge on any atom is 0.146 e. The number of hydrogen-bond acceptors (Lipinski definition) is 4. The van der Waals surface area contributed by atoms with Gasteiger partial charge in [0.25, 0.3) is 0 Å². The van der Waals surface area contributed by atoms with Crippen LogP contribution < -0.4 is 4.74 Å². The van der Waals surface area contributed by atoms with Crippen molar-refractivity contribution in [2.75, 3.05) is 6.61 Å². The highest BCUT2D eigenvalue weighted by Crippen LogP contribution is 2.36. The first-order chi connectivity index (χ1) is 11.5. The van der Waals surface area contributed by atoms with Crippen LogP contribution in [0, 0.1) is 18.8 Å². The van der Waals surface area contributed by atoms with Crippen LogP contribution in [0.5, 0.6) is 5.75 Å². The van der Waals surface area contributed by atoms with Crippen LogP contribution in [-0.2, 0) is 0 Å². The number of hydrogen-bond donors (Lipinski definition) is 0. The zero-order valence-corrected chi connectivity index (χ0v) is 15.6. The average molecular weight is 340 g/mol. The van der Waals surface area contributed by atoms with Crippen molar-refractivity contribution in [3.63, 3.8) is 0 Å². The molecule has 0 N–H and O–H groups in total. The first-order valence-corrected chi connectivity index (χ1v) is 9.34. The van der Waals surface area contributed by atoms with E-state index >= 15 is 0 Å². The van der Waals surface area contributed by atoms with Crippen LogP contribution in [0.1, 0.15) is 32.9 Å². The quantitative estimate of drug-likeness (QED) is 0.575. The summed E-state index contributed by atoms with van der Waals surface area (Å²) < 4.78 is 7.26. The summed E-state index contributed by atoms with van der Waals surface area (Å²) in [7, 11) is 0. The van der Waals surface area contributed by atoms with Gasteiger partial charge in [-0.25, -0.2) is 4.98 Å². The first kappa shape index (κ1) is 16.9. The van der Waals surface area contributed by atoms with Gasteiger partial charge in [-0.2, -0.15) is 0 Å². The molecule has 0 radical (unpaired) electrons. The van der Waals surface area contributed by atoms with Crippen LogP contribution in [0.25, 0.3) is 21.3 Å². The van der Waals surface area contributed by atoms with Crippen molar-refractivity contribution < 1.29 is 4.74 Å². The van der Waals surface area contributed by atoms with Gasteiger partial charge in [-0.3, -0.25) is 4.98 Å². The van der Waals surface area contributed by atoms with Gasteiger partial charge < -0.3 is 4.74 Å². The number of pyridine rings is 1. The van der Waals surface area contributed by atoms with Gasteiger partial charge in [0, 0.05) is 17.5 Å². The lowest BCUT2D eigenvalue weighted by Gasteiger charge is -2.15. The van der Waals surface area contributed by atoms with Crippen LogP contribution in [0.15, 0.2) is 36.0 Å². The molecule has 0 aliphatic carbocycles. The fourth-order valence-corrected chi connectivity index (χ4v) is 3.93. The molecule has 0 aliphatic heterocycles. The summed E-state index contributed by atoms with van der Waals surface area (Å²) in [6.45, 7) is 9.49. The molecular weight excluding hydrogens is 316 g/mol. The smallest absolute Gasteiger partial charge is 0.146 e. The Morgan fingerprint density at radius 3 is 2.71 bits per heavy atom. The third-order valence-electron chi connectivity index (χ3n) is 4.05. The molecule has 0 amide bonds. The number of nitrogens with zero attached hydrogens (tertiary/aromatic N) is 2. The minimum absolute atomic E-state index is 0.543. The second-order valence-electron chi connectivity index (χ2n) is 6.87. The number of thiazole rings is 1. The molecule has 0 saturated heterocycles. The van der Waals surface area contributed by atoms with Gasteiger partial charge in [0.2, 0.25) is 0 Å². The van der Waals surface area contributed by atoms with Crippen molar-refractivity contribution in [1.82, 2.24) is 9.97 Å². The summed E-state index contributed by atoms with van der Waals surface area (Å²) in [4.78, 5) is 8.83. The van der Waals surface area contributed by atoms with E-state index in [1.807, 2.05) is 24.7 Å². The van der Waals surface area contributed by atoms with Crippen molar-refractivity contribution >= 4 is 21.6 Å². The average Bonchev–Trinajstić information content (AvgIpc) is 3.01. The van der Waals surface area contributed by atoms with E-state index in [0.29, 0.717) is 11.8 Å².